The molecule has 1 aliphatic carbocycles. The van der Waals surface area contributed by atoms with E-state index in [1.54, 1.807) is 6.20 Å². The SMILES string of the molecule is Cc1ccc(C(CC2CC2)Nc2ccc3c(c2)Sc2cccc(C4CN(c5ccc[nH]c5=O)CCO4)c2S3)nc1. The van der Waals surface area contributed by atoms with E-state index in [1.165, 1.54) is 43.6 Å². The van der Waals surface area contributed by atoms with Crippen molar-refractivity contribution in [1.29, 1.82) is 0 Å². The number of ether oxygens (including phenoxy) is 1. The minimum absolute atomic E-state index is 0.0564. The van der Waals surface area contributed by atoms with Gasteiger partial charge in [0, 0.05) is 50.8 Å². The summed E-state index contributed by atoms with van der Waals surface area (Å²) in [5, 5.41) is 3.81. The van der Waals surface area contributed by atoms with Gasteiger partial charge in [0.15, 0.2) is 0 Å². The summed E-state index contributed by atoms with van der Waals surface area (Å²) in [6.07, 6.45) is 7.32. The second kappa shape index (κ2) is 11.0. The highest BCUT2D eigenvalue weighted by atomic mass is 32.2. The van der Waals surface area contributed by atoms with Crippen LogP contribution in [-0.4, -0.2) is 29.7 Å². The van der Waals surface area contributed by atoms with Gasteiger partial charge in [0.05, 0.1) is 18.3 Å². The quantitative estimate of drug-likeness (QED) is 0.215. The number of hydrogen-bond acceptors (Lipinski definition) is 7. The van der Waals surface area contributed by atoms with Crippen LogP contribution in [0.4, 0.5) is 11.4 Å². The molecule has 2 aromatic heterocycles. The summed E-state index contributed by atoms with van der Waals surface area (Å²) in [5.41, 5.74) is 5.28. The summed E-state index contributed by atoms with van der Waals surface area (Å²) >= 11 is 3.65. The lowest BCUT2D eigenvalue weighted by atomic mass is 10.0. The zero-order valence-corrected chi connectivity index (χ0v) is 24.1. The summed E-state index contributed by atoms with van der Waals surface area (Å²) in [7, 11) is 0. The van der Waals surface area contributed by atoms with Crippen LogP contribution >= 0.6 is 23.5 Å². The first kappa shape index (κ1) is 25.7. The summed E-state index contributed by atoms with van der Waals surface area (Å²) < 4.78 is 6.27. The van der Waals surface area contributed by atoms with Crippen LogP contribution in [0, 0.1) is 12.8 Å². The van der Waals surface area contributed by atoms with E-state index in [9.17, 15) is 4.79 Å². The fourth-order valence-corrected chi connectivity index (χ4v) is 7.96. The lowest BCUT2D eigenvalue weighted by molar-refractivity contribution is 0.0378. The lowest BCUT2D eigenvalue weighted by Gasteiger charge is -2.35. The summed E-state index contributed by atoms with van der Waals surface area (Å²) in [6.45, 7) is 4.03. The van der Waals surface area contributed by atoms with E-state index < -0.39 is 0 Å². The van der Waals surface area contributed by atoms with Crippen LogP contribution in [0.2, 0.25) is 0 Å². The Labute approximate surface area is 243 Å². The van der Waals surface area contributed by atoms with E-state index in [0.29, 0.717) is 25.4 Å². The summed E-state index contributed by atoms with van der Waals surface area (Å²) in [4.78, 5) is 27.1. The number of aromatic amines is 1. The zero-order valence-electron chi connectivity index (χ0n) is 22.4. The van der Waals surface area contributed by atoms with Crippen LogP contribution in [0.25, 0.3) is 0 Å². The molecule has 4 heterocycles. The van der Waals surface area contributed by atoms with Crippen molar-refractivity contribution in [2.75, 3.05) is 29.9 Å². The number of hydrogen-bond donors (Lipinski definition) is 2. The molecule has 1 saturated carbocycles. The van der Waals surface area contributed by atoms with Gasteiger partial charge in [-0.1, -0.05) is 54.6 Å². The Bertz CT molecular complexity index is 1580. The Hall–Kier alpha value is -3.20. The molecule has 7 rings (SSSR count). The number of aromatic nitrogens is 2. The number of nitrogens with zero attached hydrogens (tertiary/aromatic N) is 2. The average molecular weight is 569 g/mol. The number of pyridine rings is 2. The number of morpholine rings is 1. The molecule has 0 spiro atoms. The van der Waals surface area contributed by atoms with Gasteiger partial charge in [0.25, 0.3) is 5.56 Å². The van der Waals surface area contributed by atoms with Crippen molar-refractivity contribution in [2.45, 2.75) is 57.9 Å². The Morgan fingerprint density at radius 3 is 2.83 bits per heavy atom. The van der Waals surface area contributed by atoms with Crippen molar-refractivity contribution >= 4 is 34.9 Å². The largest absolute Gasteiger partial charge is 0.377 e. The van der Waals surface area contributed by atoms with Gasteiger partial charge < -0.3 is 19.9 Å². The smallest absolute Gasteiger partial charge is 0.271 e. The summed E-state index contributed by atoms with van der Waals surface area (Å²) in [6, 6.07) is 21.5. The number of rotatable bonds is 7. The number of anilines is 2. The predicted molar refractivity (Wildman–Crippen MR) is 162 cm³/mol. The van der Waals surface area contributed by atoms with Crippen molar-refractivity contribution in [1.82, 2.24) is 9.97 Å². The molecule has 2 N–H and O–H groups in total. The molecule has 3 aliphatic rings. The third-order valence-corrected chi connectivity index (χ3v) is 10.4. The van der Waals surface area contributed by atoms with Gasteiger partial charge in [0.1, 0.15) is 11.8 Å². The molecule has 1 saturated heterocycles. The molecule has 2 aliphatic heterocycles. The third-order valence-electron chi connectivity index (χ3n) is 7.83. The van der Waals surface area contributed by atoms with Gasteiger partial charge in [-0.25, -0.2) is 0 Å². The van der Waals surface area contributed by atoms with Gasteiger partial charge in [-0.05, 0) is 72.9 Å². The molecule has 0 amide bonds. The number of nitrogens with one attached hydrogen (secondary N) is 2. The van der Waals surface area contributed by atoms with E-state index >= 15 is 0 Å². The molecule has 0 bridgehead atoms. The maximum Gasteiger partial charge on any atom is 0.271 e. The second-order valence-electron chi connectivity index (χ2n) is 10.9. The topological polar surface area (TPSA) is 70.2 Å². The number of fused-ring (bicyclic) bond motifs is 2. The highest BCUT2D eigenvalue weighted by Gasteiger charge is 2.30. The molecule has 0 radical (unpaired) electrons. The average Bonchev–Trinajstić information content (AvgIpc) is 3.80. The first-order valence-electron chi connectivity index (χ1n) is 14.0. The van der Waals surface area contributed by atoms with Crippen LogP contribution in [0.5, 0.6) is 0 Å². The van der Waals surface area contributed by atoms with Crippen LogP contribution < -0.4 is 15.8 Å². The van der Waals surface area contributed by atoms with Crippen molar-refractivity contribution in [3.05, 3.63) is 100 Å². The van der Waals surface area contributed by atoms with Crippen LogP contribution in [0.3, 0.4) is 0 Å². The normalized spacial score (nSPS) is 19.0. The number of aryl methyl sites for hydroxylation is 1. The zero-order chi connectivity index (χ0) is 27.1. The Balaban J connectivity index is 1.11. The first-order chi connectivity index (χ1) is 19.6. The minimum Gasteiger partial charge on any atom is -0.377 e. The molecule has 40 heavy (non-hydrogen) atoms. The van der Waals surface area contributed by atoms with Crippen LogP contribution in [0.15, 0.2) is 97.4 Å². The Morgan fingerprint density at radius 1 is 1.07 bits per heavy atom. The maximum absolute atomic E-state index is 12.4. The predicted octanol–water partition coefficient (Wildman–Crippen LogP) is 7.23. The lowest BCUT2D eigenvalue weighted by Crippen LogP contribution is -2.41. The van der Waals surface area contributed by atoms with Crippen molar-refractivity contribution < 1.29 is 4.74 Å². The molecule has 2 aromatic carbocycles. The van der Waals surface area contributed by atoms with E-state index in [2.05, 4.69) is 70.7 Å². The summed E-state index contributed by atoms with van der Waals surface area (Å²) in [5.74, 6) is 0.798. The monoisotopic (exact) mass is 568 g/mol. The standard InChI is InChI=1S/C32H32N4O2S2/c1-20-7-11-24(34-18-20)25(16-21-8-9-21)35-22-10-12-28-30(17-22)39-29-6-2-4-23(31(29)40-28)27-19-36(14-15-38-27)26-5-3-13-33-32(26)37/h2-7,10-13,17-18,21,25,27,35H,8-9,14-16,19H2,1H3,(H,33,37). The number of H-pyrrole nitrogens is 1. The van der Waals surface area contributed by atoms with Crippen molar-refractivity contribution in [3.63, 3.8) is 0 Å². The minimum atomic E-state index is -0.0934. The molecule has 2 unspecified atom stereocenters. The van der Waals surface area contributed by atoms with Crippen molar-refractivity contribution in [3.8, 4) is 0 Å². The molecule has 204 valence electrons. The van der Waals surface area contributed by atoms with Gasteiger partial charge in [-0.2, -0.15) is 0 Å². The molecular formula is C32H32N4O2S2. The molecule has 8 heteroatoms. The Kier molecular flexibility index (Phi) is 7.08. The van der Waals surface area contributed by atoms with Gasteiger partial charge in [-0.3, -0.25) is 9.78 Å². The van der Waals surface area contributed by atoms with Crippen LogP contribution in [-0.2, 0) is 4.74 Å². The molecule has 2 fully saturated rings. The van der Waals surface area contributed by atoms with Crippen molar-refractivity contribution in [2.24, 2.45) is 5.92 Å². The van der Waals surface area contributed by atoms with E-state index in [0.717, 1.165) is 23.7 Å². The number of benzene rings is 2. The van der Waals surface area contributed by atoms with E-state index in [-0.39, 0.29) is 17.7 Å². The fourth-order valence-electron chi connectivity index (χ4n) is 5.51. The van der Waals surface area contributed by atoms with E-state index in [1.807, 2.05) is 41.9 Å². The fraction of sp³-hybridized carbons (Fsp3) is 0.312. The highest BCUT2D eigenvalue weighted by molar-refractivity contribution is 8.05. The second-order valence-corrected chi connectivity index (χ2v) is 13.0. The molecule has 2 atom stereocenters. The maximum atomic E-state index is 12.4. The third kappa shape index (κ3) is 5.40. The Morgan fingerprint density at radius 2 is 2.00 bits per heavy atom. The molecular weight excluding hydrogens is 537 g/mol. The molecule has 4 aromatic rings. The van der Waals surface area contributed by atoms with Crippen LogP contribution in [0.1, 0.15) is 48.2 Å². The molecule has 6 nitrogen and oxygen atoms in total. The highest BCUT2D eigenvalue weighted by Crippen LogP contribution is 2.52. The van der Waals surface area contributed by atoms with Gasteiger partial charge >= 0.3 is 0 Å². The van der Waals surface area contributed by atoms with E-state index in [4.69, 9.17) is 9.72 Å². The van der Waals surface area contributed by atoms with Gasteiger partial charge in [0.2, 0.25) is 0 Å². The first-order valence-corrected chi connectivity index (χ1v) is 15.6. The van der Waals surface area contributed by atoms with Gasteiger partial charge in [-0.15, -0.1) is 0 Å².